The van der Waals surface area contributed by atoms with Crippen molar-refractivity contribution in [1.82, 2.24) is 15.4 Å². The van der Waals surface area contributed by atoms with Gasteiger partial charge in [-0.3, -0.25) is 4.79 Å². The molecule has 1 aliphatic heterocycles. The maximum absolute atomic E-state index is 12.6. The van der Waals surface area contributed by atoms with Gasteiger partial charge in [0.2, 0.25) is 0 Å². The molecular formula is C22H24N4O5. The van der Waals surface area contributed by atoms with Gasteiger partial charge in [0.25, 0.3) is 5.91 Å². The number of benzene rings is 2. The second-order valence-corrected chi connectivity index (χ2v) is 7.64. The van der Waals surface area contributed by atoms with Crippen LogP contribution in [-0.2, 0) is 0 Å². The Balaban J connectivity index is 1.57. The molecule has 2 aromatic carbocycles. The van der Waals surface area contributed by atoms with Crippen LogP contribution in [0.1, 0.15) is 23.3 Å². The van der Waals surface area contributed by atoms with Crippen LogP contribution in [0.3, 0.4) is 0 Å². The molecule has 0 aliphatic carbocycles. The molecule has 1 fully saturated rings. The van der Waals surface area contributed by atoms with Crippen LogP contribution in [0.2, 0.25) is 0 Å². The highest BCUT2D eigenvalue weighted by atomic mass is 16.5. The molecule has 4 rings (SSSR count). The summed E-state index contributed by atoms with van der Waals surface area (Å²) in [6.45, 7) is 1.84. The number of likely N-dealkylation sites (tertiary alicyclic amines) is 1. The molecule has 162 valence electrons. The van der Waals surface area contributed by atoms with Gasteiger partial charge in [0.1, 0.15) is 28.6 Å². The minimum atomic E-state index is -0.344. The molecule has 3 aromatic rings. The summed E-state index contributed by atoms with van der Waals surface area (Å²) in [5.74, 6) is -0.0866. The number of hydrogen-bond donors (Lipinski definition) is 4. The van der Waals surface area contributed by atoms with Crippen molar-refractivity contribution in [2.75, 3.05) is 25.9 Å². The lowest BCUT2D eigenvalue weighted by Gasteiger charge is -2.29. The standard InChI is InChI=1S/C22H24N4O5/c1-26-8-6-14(7-9-26)24-22(29)17-12-20(31-25-17)21-18(28)10-15(27)11-19(21)30-16-4-2-13(23)3-5-16/h2-5,10-12,14,27-28H,6-9,23H2,1H3,(H,24,29). The Morgan fingerprint density at radius 3 is 2.61 bits per heavy atom. The average molecular weight is 424 g/mol. The molecule has 1 saturated heterocycles. The number of anilines is 1. The molecule has 31 heavy (non-hydrogen) atoms. The van der Waals surface area contributed by atoms with Crippen molar-refractivity contribution in [3.8, 4) is 34.3 Å². The first-order chi connectivity index (χ1) is 14.9. The number of hydrogen-bond acceptors (Lipinski definition) is 8. The summed E-state index contributed by atoms with van der Waals surface area (Å²) in [7, 11) is 2.05. The zero-order chi connectivity index (χ0) is 22.0. The molecule has 0 saturated carbocycles. The van der Waals surface area contributed by atoms with Crippen LogP contribution in [0, 0.1) is 0 Å². The number of piperidine rings is 1. The number of aromatic hydroxyl groups is 2. The molecule has 0 spiro atoms. The normalized spacial score (nSPS) is 15.0. The van der Waals surface area contributed by atoms with Crippen LogP contribution < -0.4 is 15.8 Å². The van der Waals surface area contributed by atoms with Gasteiger partial charge in [-0.2, -0.15) is 0 Å². The third-order valence-corrected chi connectivity index (χ3v) is 5.22. The van der Waals surface area contributed by atoms with Crippen LogP contribution in [0.25, 0.3) is 11.3 Å². The van der Waals surface area contributed by atoms with Crippen LogP contribution in [0.4, 0.5) is 5.69 Å². The summed E-state index contributed by atoms with van der Waals surface area (Å²) < 4.78 is 11.1. The number of carbonyl (C=O) groups excluding carboxylic acids is 1. The number of nitrogen functional groups attached to an aromatic ring is 1. The predicted molar refractivity (Wildman–Crippen MR) is 114 cm³/mol. The number of phenolic OH excluding ortho intramolecular Hbond substituents is 2. The second kappa shape index (κ2) is 8.57. The van der Waals surface area contributed by atoms with Crippen LogP contribution in [0.5, 0.6) is 23.0 Å². The van der Waals surface area contributed by atoms with Gasteiger partial charge in [0, 0.05) is 29.9 Å². The minimum absolute atomic E-state index is 0.0790. The minimum Gasteiger partial charge on any atom is -0.508 e. The number of aromatic nitrogens is 1. The van der Waals surface area contributed by atoms with E-state index in [1.54, 1.807) is 24.3 Å². The Labute approximate surface area is 179 Å². The van der Waals surface area contributed by atoms with Gasteiger partial charge in [0.05, 0.1) is 0 Å². The zero-order valence-corrected chi connectivity index (χ0v) is 17.0. The first-order valence-electron chi connectivity index (χ1n) is 9.95. The monoisotopic (exact) mass is 424 g/mol. The molecule has 0 unspecified atom stereocenters. The molecule has 2 heterocycles. The zero-order valence-electron chi connectivity index (χ0n) is 17.0. The van der Waals surface area contributed by atoms with E-state index in [0.717, 1.165) is 32.0 Å². The summed E-state index contributed by atoms with van der Waals surface area (Å²) in [5, 5.41) is 27.2. The Morgan fingerprint density at radius 1 is 1.19 bits per heavy atom. The van der Waals surface area contributed by atoms with Gasteiger partial charge >= 0.3 is 0 Å². The van der Waals surface area contributed by atoms with Gasteiger partial charge < -0.3 is 35.4 Å². The number of nitrogens with zero attached hydrogens (tertiary/aromatic N) is 2. The van der Waals surface area contributed by atoms with E-state index in [-0.39, 0.29) is 46.2 Å². The Morgan fingerprint density at radius 2 is 1.90 bits per heavy atom. The highest BCUT2D eigenvalue weighted by Crippen LogP contribution is 2.43. The number of nitrogens with two attached hydrogens (primary N) is 1. The Bertz CT molecular complexity index is 1070. The third-order valence-electron chi connectivity index (χ3n) is 5.22. The van der Waals surface area contributed by atoms with Crippen LogP contribution in [0.15, 0.2) is 47.0 Å². The van der Waals surface area contributed by atoms with E-state index < -0.39 is 0 Å². The number of phenols is 2. The highest BCUT2D eigenvalue weighted by molar-refractivity contribution is 5.93. The summed E-state index contributed by atoms with van der Waals surface area (Å²) >= 11 is 0. The lowest BCUT2D eigenvalue weighted by Crippen LogP contribution is -2.43. The SMILES string of the molecule is CN1CCC(NC(=O)c2cc(-c3c(O)cc(O)cc3Oc3ccc(N)cc3)on2)CC1. The fourth-order valence-corrected chi connectivity index (χ4v) is 3.49. The lowest BCUT2D eigenvalue weighted by atomic mass is 10.1. The van der Waals surface area contributed by atoms with Crippen molar-refractivity contribution in [2.45, 2.75) is 18.9 Å². The molecule has 0 radical (unpaired) electrons. The van der Waals surface area contributed by atoms with E-state index in [9.17, 15) is 15.0 Å². The predicted octanol–water partition coefficient (Wildman–Crippen LogP) is 2.95. The molecule has 0 atom stereocenters. The first-order valence-corrected chi connectivity index (χ1v) is 9.95. The van der Waals surface area contributed by atoms with Gasteiger partial charge in [-0.1, -0.05) is 5.16 Å². The molecule has 1 amide bonds. The van der Waals surface area contributed by atoms with Crippen molar-refractivity contribution in [3.63, 3.8) is 0 Å². The largest absolute Gasteiger partial charge is 0.508 e. The summed E-state index contributed by atoms with van der Waals surface area (Å²) in [5.41, 5.74) is 6.53. The van der Waals surface area contributed by atoms with E-state index in [4.69, 9.17) is 15.0 Å². The van der Waals surface area contributed by atoms with E-state index in [1.165, 1.54) is 12.1 Å². The van der Waals surface area contributed by atoms with E-state index in [2.05, 4.69) is 22.4 Å². The molecule has 0 bridgehead atoms. The van der Waals surface area contributed by atoms with Crippen LogP contribution in [-0.4, -0.2) is 52.4 Å². The van der Waals surface area contributed by atoms with Crippen molar-refractivity contribution >= 4 is 11.6 Å². The van der Waals surface area contributed by atoms with Gasteiger partial charge in [-0.25, -0.2) is 0 Å². The molecule has 9 nitrogen and oxygen atoms in total. The van der Waals surface area contributed by atoms with Crippen molar-refractivity contribution < 1.29 is 24.3 Å². The Kier molecular flexibility index (Phi) is 5.68. The first kappa shape index (κ1) is 20.5. The fraction of sp³-hybridized carbons (Fsp3) is 0.273. The average Bonchev–Trinajstić information content (AvgIpc) is 3.21. The fourth-order valence-electron chi connectivity index (χ4n) is 3.49. The van der Waals surface area contributed by atoms with E-state index >= 15 is 0 Å². The number of carbonyl (C=O) groups is 1. The van der Waals surface area contributed by atoms with E-state index in [1.807, 2.05) is 0 Å². The van der Waals surface area contributed by atoms with Gasteiger partial charge in [-0.05, 0) is 57.2 Å². The van der Waals surface area contributed by atoms with E-state index in [0.29, 0.717) is 11.4 Å². The van der Waals surface area contributed by atoms with Crippen molar-refractivity contribution in [3.05, 3.63) is 48.2 Å². The topological polar surface area (TPSA) is 134 Å². The molecule has 5 N–H and O–H groups in total. The van der Waals surface area contributed by atoms with Gasteiger partial charge in [0.15, 0.2) is 11.5 Å². The number of rotatable bonds is 5. The molecule has 9 heteroatoms. The summed E-state index contributed by atoms with van der Waals surface area (Å²) in [4.78, 5) is 14.8. The quantitative estimate of drug-likeness (QED) is 0.459. The van der Waals surface area contributed by atoms with Crippen molar-refractivity contribution in [2.24, 2.45) is 0 Å². The maximum Gasteiger partial charge on any atom is 0.273 e. The summed E-state index contributed by atoms with van der Waals surface area (Å²) in [6.07, 6.45) is 1.73. The van der Waals surface area contributed by atoms with Crippen molar-refractivity contribution in [1.29, 1.82) is 0 Å². The third kappa shape index (κ3) is 4.72. The maximum atomic E-state index is 12.6. The summed E-state index contributed by atoms with van der Waals surface area (Å²) in [6, 6.07) is 10.7. The molecule has 1 aliphatic rings. The number of ether oxygens (including phenoxy) is 1. The molecular weight excluding hydrogens is 400 g/mol. The molecule has 1 aromatic heterocycles. The highest BCUT2D eigenvalue weighted by Gasteiger charge is 2.24. The number of nitrogens with one attached hydrogen (secondary N) is 1. The lowest BCUT2D eigenvalue weighted by molar-refractivity contribution is 0.0908. The Hall–Kier alpha value is -3.72. The van der Waals surface area contributed by atoms with Crippen LogP contribution >= 0.6 is 0 Å². The smallest absolute Gasteiger partial charge is 0.273 e. The number of amides is 1. The second-order valence-electron chi connectivity index (χ2n) is 7.64. The van der Waals surface area contributed by atoms with Gasteiger partial charge in [-0.15, -0.1) is 0 Å².